The fraction of sp³-hybridized carbons (Fsp3) is 0.0526. The molecule has 0 unspecified atom stereocenters. The lowest BCUT2D eigenvalue weighted by molar-refractivity contribution is -0.384. The molecule has 0 spiro atoms. The Morgan fingerprint density at radius 2 is 1.81 bits per heavy atom. The number of thiazole rings is 1. The fourth-order valence-corrected chi connectivity index (χ4v) is 4.82. The quantitative estimate of drug-likeness (QED) is 0.291. The Kier molecular flexibility index (Phi) is 6.90. The molecule has 1 heterocycles. The lowest BCUT2D eigenvalue weighted by Crippen LogP contribution is -2.07. The Morgan fingerprint density at radius 3 is 2.41 bits per heavy atom. The second-order valence-electron chi connectivity index (χ2n) is 6.01. The molecule has 2 aromatic carbocycles. The predicted octanol–water partition coefficient (Wildman–Crippen LogP) is 4.14. The molecule has 0 bridgehead atoms. The van der Waals surface area contributed by atoms with Crippen LogP contribution in [0.4, 0.5) is 19.6 Å². The van der Waals surface area contributed by atoms with Gasteiger partial charge in [0, 0.05) is 18.2 Å². The number of anilines is 1. The summed E-state index contributed by atoms with van der Waals surface area (Å²) in [5.41, 5.74) is 0.298. The number of hydrogen-bond acceptors (Lipinski definition) is 8. The van der Waals surface area contributed by atoms with Crippen molar-refractivity contribution in [2.75, 3.05) is 5.32 Å². The highest BCUT2D eigenvalue weighted by Crippen LogP contribution is 2.29. The van der Waals surface area contributed by atoms with Gasteiger partial charge in [-0.25, -0.2) is 13.4 Å². The van der Waals surface area contributed by atoms with Gasteiger partial charge in [-0.3, -0.25) is 20.2 Å². The number of alkyl halides is 2. The minimum absolute atomic E-state index is 0.0221. The van der Waals surface area contributed by atoms with E-state index in [0.717, 1.165) is 36.5 Å². The summed E-state index contributed by atoms with van der Waals surface area (Å²) in [5.74, 6) is -0.613. The maximum Gasteiger partial charge on any atom is 0.387 e. The van der Waals surface area contributed by atoms with Crippen LogP contribution in [0.1, 0.15) is 5.56 Å². The minimum atomic E-state index is -3.97. The largest absolute Gasteiger partial charge is 0.435 e. The van der Waals surface area contributed by atoms with E-state index in [0.29, 0.717) is 16.9 Å². The van der Waals surface area contributed by atoms with Crippen molar-refractivity contribution in [1.82, 2.24) is 4.98 Å². The van der Waals surface area contributed by atoms with Crippen LogP contribution in [0.3, 0.4) is 0 Å². The van der Waals surface area contributed by atoms with Crippen molar-refractivity contribution in [3.05, 3.63) is 76.5 Å². The summed E-state index contributed by atoms with van der Waals surface area (Å²) in [4.78, 5) is 25.8. The number of sulfone groups is 1. The first-order valence-electron chi connectivity index (χ1n) is 8.64. The van der Waals surface area contributed by atoms with Crippen LogP contribution in [0.2, 0.25) is 0 Å². The van der Waals surface area contributed by atoms with Crippen LogP contribution in [0.25, 0.3) is 6.08 Å². The highest BCUT2D eigenvalue weighted by molar-refractivity contribution is 7.93. The van der Waals surface area contributed by atoms with E-state index in [1.165, 1.54) is 30.3 Å². The van der Waals surface area contributed by atoms with Gasteiger partial charge in [0.25, 0.3) is 5.69 Å². The van der Waals surface area contributed by atoms with Gasteiger partial charge in [-0.15, -0.1) is 0 Å². The van der Waals surface area contributed by atoms with Gasteiger partial charge in [0.1, 0.15) is 9.96 Å². The first kappa shape index (κ1) is 23.0. The van der Waals surface area contributed by atoms with Gasteiger partial charge in [0.2, 0.25) is 15.7 Å². The van der Waals surface area contributed by atoms with Crippen molar-refractivity contribution in [2.24, 2.45) is 0 Å². The van der Waals surface area contributed by atoms with Gasteiger partial charge >= 0.3 is 6.61 Å². The number of nitrogens with one attached hydrogen (secondary N) is 1. The van der Waals surface area contributed by atoms with E-state index in [4.69, 9.17) is 0 Å². The van der Waals surface area contributed by atoms with Gasteiger partial charge in [-0.1, -0.05) is 23.5 Å². The number of nitro groups is 1. The van der Waals surface area contributed by atoms with Gasteiger partial charge in [-0.2, -0.15) is 8.78 Å². The highest BCUT2D eigenvalue weighted by atomic mass is 32.2. The molecular weight excluding hydrogens is 468 g/mol. The smallest absolute Gasteiger partial charge is 0.387 e. The number of ether oxygens (including phenoxy) is 1. The Hall–Kier alpha value is -3.71. The zero-order valence-corrected chi connectivity index (χ0v) is 17.5. The number of non-ortho nitro benzene ring substituents is 1. The lowest BCUT2D eigenvalue weighted by atomic mass is 10.2. The van der Waals surface area contributed by atoms with Crippen LogP contribution in [-0.2, 0) is 14.6 Å². The van der Waals surface area contributed by atoms with Gasteiger partial charge in [-0.05, 0) is 35.9 Å². The van der Waals surface area contributed by atoms with Gasteiger partial charge in [0.05, 0.1) is 16.0 Å². The normalized spacial score (nSPS) is 11.6. The maximum absolute atomic E-state index is 12.6. The number of nitro benzene ring substituents is 1. The number of halogens is 2. The topological polar surface area (TPSA) is 128 Å². The van der Waals surface area contributed by atoms with Crippen molar-refractivity contribution < 1.29 is 31.7 Å². The van der Waals surface area contributed by atoms with E-state index >= 15 is 0 Å². The number of carbonyl (C=O) groups excluding carboxylic acids is 1. The predicted molar refractivity (Wildman–Crippen MR) is 111 cm³/mol. The highest BCUT2D eigenvalue weighted by Gasteiger charge is 2.22. The van der Waals surface area contributed by atoms with E-state index in [1.54, 1.807) is 0 Å². The van der Waals surface area contributed by atoms with Crippen LogP contribution in [0, 0.1) is 10.1 Å². The monoisotopic (exact) mass is 481 g/mol. The third-order valence-electron chi connectivity index (χ3n) is 3.87. The standard InChI is InChI=1S/C19H13F2N3O6S2/c20-18(21)30-14-6-1-12(2-7-14)3-10-16(25)23-19-22-11-17(31-19)32(28,29)15-8-4-13(5-9-15)24(26)27/h1-11,18H,(H,22,23,25)/b10-3+. The van der Waals surface area contributed by atoms with E-state index in [9.17, 15) is 32.1 Å². The summed E-state index contributed by atoms with van der Waals surface area (Å²) in [5, 5.41) is 13.2. The molecule has 166 valence electrons. The summed E-state index contributed by atoms with van der Waals surface area (Å²) >= 11 is 0.716. The number of amides is 1. The van der Waals surface area contributed by atoms with E-state index < -0.39 is 27.3 Å². The van der Waals surface area contributed by atoms with Crippen LogP contribution < -0.4 is 10.1 Å². The van der Waals surface area contributed by atoms with Crippen LogP contribution in [0.5, 0.6) is 5.75 Å². The van der Waals surface area contributed by atoms with Gasteiger partial charge in [0.15, 0.2) is 5.13 Å². The molecule has 32 heavy (non-hydrogen) atoms. The molecule has 1 aromatic heterocycles. The average Bonchev–Trinajstić information content (AvgIpc) is 3.22. The number of benzene rings is 2. The number of rotatable bonds is 8. The number of carbonyl (C=O) groups is 1. The second-order valence-corrected chi connectivity index (χ2v) is 9.22. The summed E-state index contributed by atoms with van der Waals surface area (Å²) in [6.45, 7) is -2.94. The molecule has 0 fully saturated rings. The Morgan fingerprint density at radius 1 is 1.16 bits per heavy atom. The molecule has 0 saturated carbocycles. The molecule has 3 aromatic rings. The number of hydrogen-bond donors (Lipinski definition) is 1. The molecule has 0 aliphatic heterocycles. The molecule has 3 rings (SSSR count). The van der Waals surface area contributed by atoms with Crippen LogP contribution >= 0.6 is 11.3 Å². The Bertz CT molecular complexity index is 1260. The third kappa shape index (κ3) is 5.70. The minimum Gasteiger partial charge on any atom is -0.435 e. The molecular formula is C19H13F2N3O6S2. The Labute approximate surface area is 184 Å². The molecule has 1 N–H and O–H groups in total. The summed E-state index contributed by atoms with van der Waals surface area (Å²) < 4.78 is 53.6. The lowest BCUT2D eigenvalue weighted by Gasteiger charge is -2.03. The van der Waals surface area contributed by atoms with Crippen LogP contribution in [-0.4, -0.2) is 30.8 Å². The van der Waals surface area contributed by atoms with Crippen molar-refractivity contribution in [3.63, 3.8) is 0 Å². The molecule has 13 heteroatoms. The summed E-state index contributed by atoms with van der Waals surface area (Å²) in [6, 6.07) is 9.97. The molecule has 1 amide bonds. The third-order valence-corrected chi connectivity index (χ3v) is 7.01. The first-order chi connectivity index (χ1) is 15.1. The summed E-state index contributed by atoms with van der Waals surface area (Å²) in [7, 11) is -3.97. The van der Waals surface area contributed by atoms with Crippen molar-refractivity contribution in [2.45, 2.75) is 15.7 Å². The molecule has 9 nitrogen and oxygen atoms in total. The van der Waals surface area contributed by atoms with E-state index in [-0.39, 0.29) is 25.7 Å². The SMILES string of the molecule is O=C(/C=C/c1ccc(OC(F)F)cc1)Nc1ncc(S(=O)(=O)c2ccc([N+](=O)[O-])cc2)s1. The Balaban J connectivity index is 1.65. The first-order valence-corrected chi connectivity index (χ1v) is 10.9. The second kappa shape index (κ2) is 9.62. The molecule has 0 aliphatic rings. The van der Waals surface area contributed by atoms with Gasteiger partial charge < -0.3 is 4.74 Å². The van der Waals surface area contributed by atoms with E-state index in [2.05, 4.69) is 15.0 Å². The van der Waals surface area contributed by atoms with Crippen LogP contribution in [0.15, 0.2) is 69.9 Å². The van der Waals surface area contributed by atoms with E-state index in [1.807, 2.05) is 0 Å². The summed E-state index contributed by atoms with van der Waals surface area (Å²) in [6.07, 6.45) is 3.65. The van der Waals surface area contributed by atoms with Crippen molar-refractivity contribution >= 4 is 44.0 Å². The molecule has 0 atom stereocenters. The maximum atomic E-state index is 12.6. The zero-order valence-electron chi connectivity index (χ0n) is 15.8. The number of aromatic nitrogens is 1. The number of nitrogens with zero attached hydrogens (tertiary/aromatic N) is 2. The van der Waals surface area contributed by atoms with Crippen molar-refractivity contribution in [3.8, 4) is 5.75 Å². The molecule has 0 saturated heterocycles. The molecule has 0 aliphatic carbocycles. The van der Waals surface area contributed by atoms with Crippen molar-refractivity contribution in [1.29, 1.82) is 0 Å². The zero-order chi connectivity index (χ0) is 23.3. The molecule has 0 radical (unpaired) electrons. The average molecular weight is 481 g/mol. The fourth-order valence-electron chi connectivity index (χ4n) is 2.38.